The zero-order chi connectivity index (χ0) is 9.03. The molecule has 1 aromatic rings. The maximum atomic E-state index is 2.35. The van der Waals surface area contributed by atoms with E-state index < -0.39 is 0 Å². The summed E-state index contributed by atoms with van der Waals surface area (Å²) in [6.07, 6.45) is 2.42. The van der Waals surface area contributed by atoms with Gasteiger partial charge in [-0.05, 0) is 6.15 Å². The van der Waals surface area contributed by atoms with Gasteiger partial charge in [-0.2, -0.15) is 26.8 Å². The van der Waals surface area contributed by atoms with Crippen molar-refractivity contribution >= 4 is 6.15 Å². The Hall–Kier alpha value is -0.118. The molecule has 0 aliphatic carbocycles. The summed E-state index contributed by atoms with van der Waals surface area (Å²) in [6.45, 7) is 7.05. The van der Waals surface area contributed by atoms with Crippen LogP contribution in [0.4, 0.5) is 0 Å². The van der Waals surface area contributed by atoms with Crippen molar-refractivity contribution in [3.8, 4) is 0 Å². The molecule has 0 radical (unpaired) electrons. The summed E-state index contributed by atoms with van der Waals surface area (Å²) in [5.74, 6) is 0. The SMILES string of the molecule is C[B-](C)(C)CCc1ccccc1.[Li+]. The summed E-state index contributed by atoms with van der Waals surface area (Å²) in [7, 11) is 0. The van der Waals surface area contributed by atoms with E-state index in [1.165, 1.54) is 18.3 Å². The fourth-order valence-electron chi connectivity index (χ4n) is 1.24. The Balaban J connectivity index is 0.00000144. The second-order valence-electron chi connectivity index (χ2n) is 4.98. The molecule has 0 N–H and O–H groups in total. The topological polar surface area (TPSA) is 0 Å². The van der Waals surface area contributed by atoms with E-state index in [-0.39, 0.29) is 25.0 Å². The molecule has 0 saturated heterocycles. The predicted molar refractivity (Wildman–Crippen MR) is 58.3 cm³/mol. The molecular weight excluding hydrogens is 150 g/mol. The van der Waals surface area contributed by atoms with Crippen molar-refractivity contribution < 1.29 is 18.9 Å². The Kier molecular flexibility index (Phi) is 5.53. The molecule has 0 amide bonds. The van der Waals surface area contributed by atoms with Crippen molar-refractivity contribution in [3.63, 3.8) is 0 Å². The van der Waals surface area contributed by atoms with Crippen molar-refractivity contribution in [1.82, 2.24) is 0 Å². The van der Waals surface area contributed by atoms with Gasteiger partial charge in [0.05, 0.1) is 0 Å². The van der Waals surface area contributed by atoms with Crippen LogP contribution in [-0.2, 0) is 6.42 Å². The van der Waals surface area contributed by atoms with Gasteiger partial charge in [0.15, 0.2) is 0 Å². The zero-order valence-electron chi connectivity index (χ0n) is 9.38. The first kappa shape index (κ1) is 12.9. The zero-order valence-corrected chi connectivity index (χ0v) is 9.38. The van der Waals surface area contributed by atoms with Crippen LogP contribution in [0.5, 0.6) is 0 Å². The van der Waals surface area contributed by atoms with Gasteiger partial charge in [-0.1, -0.05) is 42.3 Å². The first-order valence-corrected chi connectivity index (χ1v) is 4.90. The number of benzene rings is 1. The molecule has 0 atom stereocenters. The minimum Gasteiger partial charge on any atom is -0.190 e. The summed E-state index contributed by atoms with van der Waals surface area (Å²) in [4.78, 5) is 0. The van der Waals surface area contributed by atoms with E-state index >= 15 is 0 Å². The van der Waals surface area contributed by atoms with E-state index in [0.717, 1.165) is 0 Å². The average Bonchev–Trinajstić information content (AvgIpc) is 2.02. The van der Waals surface area contributed by atoms with Crippen LogP contribution in [0.2, 0.25) is 26.8 Å². The average molecular weight is 168 g/mol. The maximum absolute atomic E-state index is 2.35. The van der Waals surface area contributed by atoms with Crippen LogP contribution in [0.3, 0.4) is 0 Å². The number of rotatable bonds is 3. The number of hydrogen-bond acceptors (Lipinski definition) is 0. The van der Waals surface area contributed by atoms with Crippen LogP contribution >= 0.6 is 0 Å². The Morgan fingerprint density at radius 2 is 1.54 bits per heavy atom. The molecule has 0 aliphatic heterocycles. The predicted octanol–water partition coefficient (Wildman–Crippen LogP) is 0.571. The van der Waals surface area contributed by atoms with Crippen molar-refractivity contribution in [2.75, 3.05) is 0 Å². The second kappa shape index (κ2) is 5.58. The van der Waals surface area contributed by atoms with Gasteiger partial charge < -0.3 is 0 Å². The summed E-state index contributed by atoms with van der Waals surface area (Å²) in [5, 5.41) is 0. The largest absolute Gasteiger partial charge is 1.00 e. The van der Waals surface area contributed by atoms with Crippen molar-refractivity contribution in [1.29, 1.82) is 0 Å². The monoisotopic (exact) mass is 168 g/mol. The molecule has 0 aromatic heterocycles. The standard InChI is InChI=1S/C11H18B.Li/c1-12(2,3)10-9-11-7-5-4-6-8-11;/h4-8H,9-10H2,1-3H3;/q-1;+1. The van der Waals surface area contributed by atoms with Crippen LogP contribution in [0.15, 0.2) is 30.3 Å². The second-order valence-corrected chi connectivity index (χ2v) is 4.98. The molecule has 66 valence electrons. The van der Waals surface area contributed by atoms with E-state index in [4.69, 9.17) is 0 Å². The van der Waals surface area contributed by atoms with Crippen LogP contribution in [0.1, 0.15) is 5.56 Å². The van der Waals surface area contributed by atoms with Gasteiger partial charge in [-0.3, -0.25) is 0 Å². The Morgan fingerprint density at radius 1 is 1.00 bits per heavy atom. The summed E-state index contributed by atoms with van der Waals surface area (Å²) in [5.41, 5.74) is 1.47. The Labute approximate surface area is 94.2 Å². The molecule has 0 heterocycles. The van der Waals surface area contributed by atoms with Gasteiger partial charge >= 0.3 is 18.9 Å². The molecule has 0 fully saturated rings. The third-order valence-corrected chi connectivity index (χ3v) is 2.14. The van der Waals surface area contributed by atoms with E-state index in [1.54, 1.807) is 0 Å². The van der Waals surface area contributed by atoms with E-state index in [2.05, 4.69) is 50.8 Å². The van der Waals surface area contributed by atoms with Gasteiger partial charge in [-0.15, -0.1) is 0 Å². The molecule has 0 unspecified atom stereocenters. The van der Waals surface area contributed by atoms with Crippen LogP contribution in [0, 0.1) is 0 Å². The number of aryl methyl sites for hydroxylation is 1. The summed E-state index contributed by atoms with van der Waals surface area (Å²) < 4.78 is 0. The number of hydrogen-bond donors (Lipinski definition) is 0. The first-order valence-electron chi connectivity index (χ1n) is 4.90. The fourth-order valence-corrected chi connectivity index (χ4v) is 1.24. The van der Waals surface area contributed by atoms with Crippen molar-refractivity contribution in [2.45, 2.75) is 33.2 Å². The van der Waals surface area contributed by atoms with Gasteiger partial charge in [0.1, 0.15) is 0 Å². The van der Waals surface area contributed by atoms with Gasteiger partial charge in [0, 0.05) is 0 Å². The molecular formula is C11H18BLi. The van der Waals surface area contributed by atoms with Crippen molar-refractivity contribution in [3.05, 3.63) is 35.9 Å². The summed E-state index contributed by atoms with van der Waals surface area (Å²) >= 11 is 0. The molecule has 1 rings (SSSR count). The third kappa shape index (κ3) is 6.02. The molecule has 13 heavy (non-hydrogen) atoms. The molecule has 2 heteroatoms. The Morgan fingerprint density at radius 3 is 2.00 bits per heavy atom. The fraction of sp³-hybridized carbons (Fsp3) is 0.455. The van der Waals surface area contributed by atoms with Gasteiger partial charge in [0.2, 0.25) is 0 Å². The Bertz CT molecular complexity index is 226. The van der Waals surface area contributed by atoms with E-state index in [0.29, 0.717) is 0 Å². The normalized spacial score (nSPS) is 10.7. The van der Waals surface area contributed by atoms with Crippen LogP contribution < -0.4 is 18.9 Å². The van der Waals surface area contributed by atoms with E-state index in [9.17, 15) is 0 Å². The van der Waals surface area contributed by atoms with Gasteiger partial charge in [-0.25, -0.2) is 0 Å². The maximum Gasteiger partial charge on any atom is 1.00 e. The molecule has 1 aromatic carbocycles. The van der Waals surface area contributed by atoms with Crippen LogP contribution in [-0.4, -0.2) is 6.15 Å². The first-order chi connectivity index (χ1) is 5.58. The summed E-state index contributed by atoms with van der Waals surface area (Å²) in [6, 6.07) is 10.7. The minimum absolute atomic E-state index is 0. The molecule has 0 bridgehead atoms. The molecule has 0 aliphatic rings. The molecule has 0 spiro atoms. The van der Waals surface area contributed by atoms with Gasteiger partial charge in [0.25, 0.3) is 0 Å². The molecule has 0 nitrogen and oxygen atoms in total. The third-order valence-electron chi connectivity index (χ3n) is 2.14. The minimum atomic E-state index is -0.128. The molecule has 0 saturated carbocycles. The van der Waals surface area contributed by atoms with E-state index in [1.807, 2.05) is 0 Å². The quantitative estimate of drug-likeness (QED) is 0.579. The van der Waals surface area contributed by atoms with Crippen molar-refractivity contribution in [2.24, 2.45) is 0 Å². The van der Waals surface area contributed by atoms with Crippen LogP contribution in [0.25, 0.3) is 0 Å². The smallest absolute Gasteiger partial charge is 0.190 e.